The molecule has 0 bridgehead atoms. The van der Waals surface area contributed by atoms with Crippen LogP contribution >= 0.6 is 11.3 Å². The van der Waals surface area contributed by atoms with Crippen LogP contribution in [0.4, 0.5) is 5.95 Å². The van der Waals surface area contributed by atoms with Gasteiger partial charge >= 0.3 is 0 Å². The summed E-state index contributed by atoms with van der Waals surface area (Å²) in [6.07, 6.45) is 0. The molecule has 0 spiro atoms. The Labute approximate surface area is 165 Å². The molecule has 0 aliphatic heterocycles. The lowest BCUT2D eigenvalue weighted by atomic mass is 10.1. The van der Waals surface area contributed by atoms with Gasteiger partial charge in [-0.25, -0.2) is 4.98 Å². The number of rotatable bonds is 4. The summed E-state index contributed by atoms with van der Waals surface area (Å²) in [5.74, 6) is 0.347. The molecule has 4 rings (SSSR count). The van der Waals surface area contributed by atoms with Gasteiger partial charge < -0.3 is 0 Å². The zero-order valence-corrected chi connectivity index (χ0v) is 16.6. The summed E-state index contributed by atoms with van der Waals surface area (Å²) in [6.45, 7) is 5.73. The number of carbonyl (C=O) groups is 1. The first-order valence-electron chi connectivity index (χ1n) is 8.81. The fraction of sp³-hybridized carbons (Fsp3) is 0.200. The summed E-state index contributed by atoms with van der Waals surface area (Å²) in [7, 11) is 0. The number of thiophene rings is 1. The quantitative estimate of drug-likeness (QED) is 0.577. The number of fused-ring (bicyclic) bond motifs is 1. The van der Waals surface area contributed by atoms with E-state index in [9.17, 15) is 9.59 Å². The molecule has 3 heterocycles. The maximum absolute atomic E-state index is 13.4. The highest BCUT2D eigenvalue weighted by atomic mass is 32.1. The van der Waals surface area contributed by atoms with Gasteiger partial charge in [-0.2, -0.15) is 9.50 Å². The second kappa shape index (κ2) is 7.05. The van der Waals surface area contributed by atoms with Crippen molar-refractivity contribution in [1.82, 2.24) is 19.6 Å². The molecule has 28 heavy (non-hydrogen) atoms. The Morgan fingerprint density at radius 1 is 1.14 bits per heavy atom. The van der Waals surface area contributed by atoms with Crippen molar-refractivity contribution in [3.05, 3.63) is 79.4 Å². The summed E-state index contributed by atoms with van der Waals surface area (Å²) < 4.78 is 1.28. The van der Waals surface area contributed by atoms with Crippen LogP contribution in [0.2, 0.25) is 0 Å². The third-order valence-electron chi connectivity index (χ3n) is 4.72. The number of H-pyrrole nitrogens is 1. The average molecular weight is 393 g/mol. The second-order valence-corrected chi connectivity index (χ2v) is 7.63. The van der Waals surface area contributed by atoms with Crippen molar-refractivity contribution < 1.29 is 4.79 Å². The van der Waals surface area contributed by atoms with E-state index in [0.29, 0.717) is 23.4 Å². The molecule has 0 aliphatic rings. The lowest BCUT2D eigenvalue weighted by Gasteiger charge is -2.20. The zero-order chi connectivity index (χ0) is 19.8. The fourth-order valence-electron chi connectivity index (χ4n) is 2.97. The monoisotopic (exact) mass is 393 g/mol. The SMILES string of the molecule is Cc1ccccc1C(=O)N(Cc1cccs1)c1nc2nc(C)c(C)c(=O)n2[nH]1. The first-order valence-corrected chi connectivity index (χ1v) is 9.69. The van der Waals surface area contributed by atoms with Crippen molar-refractivity contribution in [2.45, 2.75) is 27.3 Å². The molecule has 1 aromatic carbocycles. The van der Waals surface area contributed by atoms with Crippen LogP contribution in [0.1, 0.15) is 32.1 Å². The van der Waals surface area contributed by atoms with Crippen LogP contribution in [0.15, 0.2) is 46.6 Å². The third-order valence-corrected chi connectivity index (χ3v) is 5.58. The van der Waals surface area contributed by atoms with E-state index < -0.39 is 0 Å². The van der Waals surface area contributed by atoms with Crippen molar-refractivity contribution in [2.24, 2.45) is 0 Å². The molecule has 8 heteroatoms. The van der Waals surface area contributed by atoms with Gasteiger partial charge in [-0.1, -0.05) is 24.3 Å². The summed E-state index contributed by atoms with van der Waals surface area (Å²) in [5, 5.41) is 4.92. The number of aromatic amines is 1. The van der Waals surface area contributed by atoms with E-state index in [1.165, 1.54) is 4.52 Å². The van der Waals surface area contributed by atoms with Crippen molar-refractivity contribution in [3.63, 3.8) is 0 Å². The molecule has 1 N–H and O–H groups in total. The molecule has 0 atom stereocenters. The van der Waals surface area contributed by atoms with Crippen LogP contribution in [-0.2, 0) is 6.54 Å². The predicted octanol–water partition coefficient (Wildman–Crippen LogP) is 3.25. The minimum Gasteiger partial charge on any atom is -0.272 e. The molecule has 4 aromatic rings. The Balaban J connectivity index is 1.85. The predicted molar refractivity (Wildman–Crippen MR) is 109 cm³/mol. The zero-order valence-electron chi connectivity index (χ0n) is 15.8. The number of aromatic nitrogens is 4. The van der Waals surface area contributed by atoms with Gasteiger partial charge in [0.15, 0.2) is 0 Å². The fourth-order valence-corrected chi connectivity index (χ4v) is 3.67. The number of nitrogens with zero attached hydrogens (tertiary/aromatic N) is 4. The molecule has 7 nitrogen and oxygen atoms in total. The van der Waals surface area contributed by atoms with Crippen LogP contribution in [0, 0.1) is 20.8 Å². The molecule has 0 radical (unpaired) electrons. The lowest BCUT2D eigenvalue weighted by Crippen LogP contribution is -2.32. The Morgan fingerprint density at radius 3 is 2.64 bits per heavy atom. The summed E-state index contributed by atoms with van der Waals surface area (Å²) in [5.41, 5.74) is 2.41. The highest BCUT2D eigenvalue weighted by Crippen LogP contribution is 2.21. The maximum Gasteiger partial charge on any atom is 0.277 e. The van der Waals surface area contributed by atoms with Crippen LogP contribution in [0.5, 0.6) is 0 Å². The first kappa shape index (κ1) is 18.1. The van der Waals surface area contributed by atoms with Crippen LogP contribution in [-0.4, -0.2) is 25.5 Å². The van der Waals surface area contributed by atoms with E-state index >= 15 is 0 Å². The number of amides is 1. The van der Waals surface area contributed by atoms with Crippen LogP contribution in [0.25, 0.3) is 5.78 Å². The van der Waals surface area contributed by atoms with Crippen molar-refractivity contribution >= 4 is 29.0 Å². The van der Waals surface area contributed by atoms with Crippen molar-refractivity contribution in [3.8, 4) is 0 Å². The van der Waals surface area contributed by atoms with Gasteiger partial charge in [0.2, 0.25) is 5.95 Å². The second-order valence-electron chi connectivity index (χ2n) is 6.60. The van der Waals surface area contributed by atoms with Crippen molar-refractivity contribution in [1.29, 1.82) is 0 Å². The standard InChI is InChI=1S/C20H19N5O2S/c1-12-7-4-5-9-16(12)18(27)24(11-15-8-6-10-28-15)20-22-19-21-14(3)13(2)17(26)25(19)23-20/h4-10H,11H2,1-3H3,(H,21,22,23). The van der Waals surface area contributed by atoms with E-state index in [-0.39, 0.29) is 23.2 Å². The van der Waals surface area contributed by atoms with Crippen molar-refractivity contribution in [2.75, 3.05) is 4.90 Å². The van der Waals surface area contributed by atoms with Crippen LogP contribution in [0.3, 0.4) is 0 Å². The highest BCUT2D eigenvalue weighted by Gasteiger charge is 2.24. The molecule has 0 saturated heterocycles. The largest absolute Gasteiger partial charge is 0.277 e. The van der Waals surface area contributed by atoms with Gasteiger partial charge in [0.05, 0.1) is 6.54 Å². The normalized spacial score (nSPS) is 11.1. The molecular weight excluding hydrogens is 374 g/mol. The number of hydrogen-bond donors (Lipinski definition) is 1. The third kappa shape index (κ3) is 3.11. The van der Waals surface area contributed by atoms with E-state index in [1.54, 1.807) is 36.2 Å². The number of anilines is 1. The molecule has 3 aromatic heterocycles. The number of aryl methyl sites for hydroxylation is 2. The van der Waals surface area contributed by atoms with E-state index in [1.807, 2.05) is 42.6 Å². The smallest absolute Gasteiger partial charge is 0.272 e. The summed E-state index contributed by atoms with van der Waals surface area (Å²) in [6, 6.07) is 11.3. The van der Waals surface area contributed by atoms with E-state index in [0.717, 1.165) is 10.4 Å². The van der Waals surface area contributed by atoms with Gasteiger partial charge in [0.25, 0.3) is 17.2 Å². The topological polar surface area (TPSA) is 83.4 Å². The molecule has 0 aliphatic carbocycles. The van der Waals surface area contributed by atoms with Gasteiger partial charge in [0.1, 0.15) is 0 Å². The van der Waals surface area contributed by atoms with Crippen LogP contribution < -0.4 is 10.5 Å². The average Bonchev–Trinajstić information content (AvgIpc) is 3.34. The number of hydrogen-bond acceptors (Lipinski definition) is 5. The minimum absolute atomic E-state index is 0.188. The minimum atomic E-state index is -0.222. The Bertz CT molecular complexity index is 1220. The first-order chi connectivity index (χ1) is 13.5. The summed E-state index contributed by atoms with van der Waals surface area (Å²) >= 11 is 1.56. The Kier molecular flexibility index (Phi) is 4.56. The lowest BCUT2D eigenvalue weighted by molar-refractivity contribution is 0.0983. The number of carbonyl (C=O) groups excluding carboxylic acids is 1. The Morgan fingerprint density at radius 2 is 1.93 bits per heavy atom. The number of benzene rings is 1. The molecule has 1 amide bonds. The molecule has 142 valence electrons. The van der Waals surface area contributed by atoms with E-state index in [4.69, 9.17) is 0 Å². The Hall–Kier alpha value is -3.26. The molecule has 0 saturated carbocycles. The van der Waals surface area contributed by atoms with Gasteiger partial charge in [-0.15, -0.1) is 11.3 Å². The molecule has 0 unspecified atom stereocenters. The molecular formula is C20H19N5O2S. The van der Waals surface area contributed by atoms with E-state index in [2.05, 4.69) is 15.1 Å². The highest BCUT2D eigenvalue weighted by molar-refractivity contribution is 7.09. The molecule has 0 fully saturated rings. The van der Waals surface area contributed by atoms with Gasteiger partial charge in [0, 0.05) is 21.7 Å². The van der Waals surface area contributed by atoms with Gasteiger partial charge in [-0.05, 0) is 43.8 Å². The summed E-state index contributed by atoms with van der Waals surface area (Å²) in [4.78, 5) is 37.3. The maximum atomic E-state index is 13.4. The number of nitrogens with one attached hydrogen (secondary N) is 1. The van der Waals surface area contributed by atoms with Gasteiger partial charge in [-0.3, -0.25) is 19.6 Å².